The Kier molecular flexibility index (Phi) is 14.1. The van der Waals surface area contributed by atoms with Crippen LogP contribution in [0.2, 0.25) is 0 Å². The molecule has 0 saturated carbocycles. The summed E-state index contributed by atoms with van der Waals surface area (Å²) in [5, 5.41) is 37.4. The predicted molar refractivity (Wildman–Crippen MR) is 102 cm³/mol. The molecule has 7 nitrogen and oxygen atoms in total. The van der Waals surface area contributed by atoms with Gasteiger partial charge in [0, 0.05) is 24.0 Å². The van der Waals surface area contributed by atoms with Gasteiger partial charge in [0.2, 0.25) is 0 Å². The van der Waals surface area contributed by atoms with E-state index in [-0.39, 0.29) is 30.4 Å². The minimum absolute atomic E-state index is 0.125. The molecule has 27 heavy (non-hydrogen) atoms. The first kappa shape index (κ1) is 25.1. The Bertz CT molecular complexity index is 497. The summed E-state index contributed by atoms with van der Waals surface area (Å²) in [7, 11) is 0. The zero-order valence-corrected chi connectivity index (χ0v) is 16.3. The van der Waals surface area contributed by atoms with Gasteiger partial charge in [-0.15, -0.1) is 0 Å². The van der Waals surface area contributed by atoms with Crippen LogP contribution in [0.4, 0.5) is 0 Å². The van der Waals surface area contributed by atoms with Crippen molar-refractivity contribution in [2.24, 2.45) is 0 Å². The number of rotatable bonds is 17. The lowest BCUT2D eigenvalue weighted by molar-refractivity contribution is -0.137. The maximum Gasteiger partial charge on any atom is 0.332 e. The molecule has 0 saturated heterocycles. The van der Waals surface area contributed by atoms with Gasteiger partial charge in [-0.1, -0.05) is 51.9 Å². The van der Waals surface area contributed by atoms with Gasteiger partial charge in [0.25, 0.3) is 0 Å². The fourth-order valence-electron chi connectivity index (χ4n) is 2.98. The summed E-state index contributed by atoms with van der Waals surface area (Å²) in [5.74, 6) is -3.37. The molecule has 0 aliphatic rings. The van der Waals surface area contributed by atoms with Crippen LogP contribution in [0.5, 0.6) is 0 Å². The molecule has 0 aliphatic heterocycles. The minimum Gasteiger partial charge on any atom is -0.481 e. The van der Waals surface area contributed by atoms with Crippen LogP contribution in [-0.4, -0.2) is 44.4 Å². The van der Waals surface area contributed by atoms with Gasteiger partial charge < -0.3 is 20.4 Å². The second kappa shape index (κ2) is 15.2. The third-order valence-corrected chi connectivity index (χ3v) is 4.53. The highest BCUT2D eigenvalue weighted by atomic mass is 16.4. The largest absolute Gasteiger partial charge is 0.481 e. The normalized spacial score (nSPS) is 13.1. The van der Waals surface area contributed by atoms with Crippen molar-refractivity contribution in [3.8, 4) is 0 Å². The molecular weight excluding hydrogens is 352 g/mol. The molecule has 0 spiro atoms. The Morgan fingerprint density at radius 1 is 0.704 bits per heavy atom. The Morgan fingerprint density at radius 3 is 1.74 bits per heavy atom. The molecule has 0 bridgehead atoms. The van der Waals surface area contributed by atoms with Gasteiger partial charge in [-0.05, 0) is 25.7 Å². The van der Waals surface area contributed by atoms with Gasteiger partial charge >= 0.3 is 17.9 Å². The van der Waals surface area contributed by atoms with E-state index in [1.165, 1.54) is 0 Å². The smallest absolute Gasteiger partial charge is 0.332 e. The van der Waals surface area contributed by atoms with E-state index >= 15 is 0 Å². The van der Waals surface area contributed by atoms with Crippen LogP contribution in [0.15, 0.2) is 11.1 Å². The van der Waals surface area contributed by atoms with Crippen LogP contribution in [0, 0.1) is 0 Å². The third-order valence-electron chi connectivity index (χ3n) is 4.53. The maximum atomic E-state index is 11.5. The van der Waals surface area contributed by atoms with Crippen molar-refractivity contribution in [2.75, 3.05) is 0 Å². The molecule has 0 aromatic heterocycles. The van der Waals surface area contributed by atoms with Crippen molar-refractivity contribution in [1.29, 1.82) is 0 Å². The monoisotopic (exact) mass is 386 g/mol. The summed E-state index contributed by atoms with van der Waals surface area (Å²) in [4.78, 5) is 33.4. The van der Waals surface area contributed by atoms with Crippen LogP contribution in [0.3, 0.4) is 0 Å². The topological polar surface area (TPSA) is 132 Å². The van der Waals surface area contributed by atoms with Crippen LogP contribution in [0.1, 0.15) is 90.4 Å². The molecule has 0 aromatic rings. The Labute approximate surface area is 161 Å². The van der Waals surface area contributed by atoms with E-state index in [0.29, 0.717) is 25.7 Å². The zero-order chi connectivity index (χ0) is 20.7. The lowest BCUT2D eigenvalue weighted by Gasteiger charge is -2.14. The average Bonchev–Trinajstić information content (AvgIpc) is 2.59. The lowest BCUT2D eigenvalue weighted by atomic mass is 9.95. The van der Waals surface area contributed by atoms with Crippen LogP contribution in [-0.2, 0) is 14.4 Å². The minimum atomic E-state index is -1.29. The summed E-state index contributed by atoms with van der Waals surface area (Å²) in [6.45, 7) is 2.08. The molecule has 7 heteroatoms. The number of unbranched alkanes of at least 4 members (excludes halogenated alkanes) is 7. The quantitative estimate of drug-likeness (QED) is 0.219. The number of aliphatic hydroxyl groups is 1. The Morgan fingerprint density at radius 2 is 1.22 bits per heavy atom. The molecular formula is C20H34O7. The second-order valence-electron chi connectivity index (χ2n) is 6.94. The molecule has 0 amide bonds. The molecule has 0 radical (unpaired) electrons. The van der Waals surface area contributed by atoms with Crippen LogP contribution in [0.25, 0.3) is 0 Å². The molecule has 0 rings (SSSR count). The number of carbonyl (C=O) groups is 3. The van der Waals surface area contributed by atoms with Gasteiger partial charge in [-0.25, -0.2) is 9.59 Å². The summed E-state index contributed by atoms with van der Waals surface area (Å²) < 4.78 is 0. The van der Waals surface area contributed by atoms with Gasteiger partial charge in [0.05, 0.1) is 6.10 Å². The van der Waals surface area contributed by atoms with Gasteiger partial charge in [0.15, 0.2) is 0 Å². The highest BCUT2D eigenvalue weighted by Gasteiger charge is 2.22. The molecule has 1 atom stereocenters. The summed E-state index contributed by atoms with van der Waals surface area (Å²) >= 11 is 0. The van der Waals surface area contributed by atoms with Gasteiger partial charge in [-0.3, -0.25) is 4.79 Å². The van der Waals surface area contributed by atoms with Gasteiger partial charge in [-0.2, -0.15) is 0 Å². The Balaban J connectivity index is 4.59. The lowest BCUT2D eigenvalue weighted by Crippen LogP contribution is -2.17. The number of hydrogen-bond donors (Lipinski definition) is 4. The molecule has 4 N–H and O–H groups in total. The van der Waals surface area contributed by atoms with E-state index < -0.39 is 24.0 Å². The van der Waals surface area contributed by atoms with Crippen molar-refractivity contribution in [1.82, 2.24) is 0 Å². The first-order valence-corrected chi connectivity index (χ1v) is 9.88. The van der Waals surface area contributed by atoms with E-state index in [4.69, 9.17) is 5.11 Å². The third kappa shape index (κ3) is 13.0. The maximum absolute atomic E-state index is 11.5. The van der Waals surface area contributed by atoms with Crippen LogP contribution >= 0.6 is 0 Å². The fourth-order valence-corrected chi connectivity index (χ4v) is 2.98. The average molecular weight is 386 g/mol. The number of hydrogen-bond acceptors (Lipinski definition) is 4. The fraction of sp³-hybridized carbons (Fsp3) is 0.750. The second-order valence-corrected chi connectivity index (χ2v) is 6.94. The Hall–Kier alpha value is -1.89. The van der Waals surface area contributed by atoms with Crippen LogP contribution < -0.4 is 0 Å². The predicted octanol–water partition coefficient (Wildman–Crippen LogP) is 3.99. The molecule has 0 aromatic carbocycles. The molecule has 0 aliphatic carbocycles. The number of carboxylic acid groups (broad SMARTS) is 3. The standard InChI is InChI=1S/C20H34O7/c1-2-3-4-8-11-15(21)14-17(20(26)27)16(19(24)25)12-9-6-5-7-10-13-18(22)23/h15,21H,2-14H2,1H3,(H,22,23)(H,24,25)(H,26,27)/b17-16-/t15-/m1/s1. The van der Waals surface area contributed by atoms with Gasteiger partial charge in [0.1, 0.15) is 0 Å². The number of aliphatic carboxylic acids is 3. The molecule has 156 valence electrons. The zero-order valence-electron chi connectivity index (χ0n) is 16.3. The van der Waals surface area contributed by atoms with Crippen molar-refractivity contribution < 1.29 is 34.8 Å². The molecule has 0 unspecified atom stereocenters. The number of carboxylic acids is 3. The van der Waals surface area contributed by atoms with E-state index in [0.717, 1.165) is 38.5 Å². The van der Waals surface area contributed by atoms with E-state index in [2.05, 4.69) is 6.92 Å². The van der Waals surface area contributed by atoms with E-state index in [9.17, 15) is 29.7 Å². The first-order chi connectivity index (χ1) is 12.8. The van der Waals surface area contributed by atoms with Crippen molar-refractivity contribution in [2.45, 2.75) is 96.5 Å². The van der Waals surface area contributed by atoms with Crippen molar-refractivity contribution in [3.05, 3.63) is 11.1 Å². The molecule has 0 heterocycles. The first-order valence-electron chi connectivity index (χ1n) is 9.88. The summed E-state index contributed by atoms with van der Waals surface area (Å²) in [6.07, 6.45) is 6.96. The number of aliphatic hydroxyl groups excluding tert-OH is 1. The SMILES string of the molecule is CCCCCC[C@@H](O)C/C(C(=O)O)=C(\CCCCCCCC(=O)O)C(=O)O. The van der Waals surface area contributed by atoms with E-state index in [1.54, 1.807) is 0 Å². The van der Waals surface area contributed by atoms with E-state index in [1.807, 2.05) is 0 Å². The highest BCUT2D eigenvalue weighted by Crippen LogP contribution is 2.21. The summed E-state index contributed by atoms with van der Waals surface area (Å²) in [6, 6.07) is 0. The summed E-state index contributed by atoms with van der Waals surface area (Å²) in [5.41, 5.74) is -0.350. The van der Waals surface area contributed by atoms with Crippen molar-refractivity contribution >= 4 is 17.9 Å². The van der Waals surface area contributed by atoms with Crippen molar-refractivity contribution in [3.63, 3.8) is 0 Å². The molecule has 0 fully saturated rings. The highest BCUT2D eigenvalue weighted by molar-refractivity contribution is 5.98.